The Bertz CT molecular complexity index is 1260. The summed E-state index contributed by atoms with van der Waals surface area (Å²) in [6.45, 7) is 0. The zero-order valence-corrected chi connectivity index (χ0v) is 19.1. The van der Waals surface area contributed by atoms with E-state index in [0.717, 1.165) is 41.5 Å². The summed E-state index contributed by atoms with van der Waals surface area (Å²) < 4.78 is 5.82. The number of benzene rings is 3. The van der Waals surface area contributed by atoms with Crippen LogP contribution in [0.15, 0.2) is 83.3 Å². The summed E-state index contributed by atoms with van der Waals surface area (Å²) in [4.78, 5) is 31.8. The van der Waals surface area contributed by atoms with Crippen molar-refractivity contribution in [2.45, 2.75) is 37.8 Å². The molecule has 1 N–H and O–H groups in total. The van der Waals surface area contributed by atoms with Crippen molar-refractivity contribution in [1.82, 2.24) is 15.2 Å². The second kappa shape index (κ2) is 9.51. The molecule has 6 nitrogen and oxygen atoms in total. The first-order chi connectivity index (χ1) is 16.6. The monoisotopic (exact) mass is 453 g/mol. The fourth-order valence-corrected chi connectivity index (χ4v) is 4.62. The van der Waals surface area contributed by atoms with Gasteiger partial charge in [0.25, 0.3) is 5.91 Å². The number of nitrogens with one attached hydrogen (secondary N) is 1. The van der Waals surface area contributed by atoms with E-state index in [-0.39, 0.29) is 23.9 Å². The van der Waals surface area contributed by atoms with E-state index in [0.29, 0.717) is 17.9 Å². The topological polar surface area (TPSA) is 75.4 Å². The van der Waals surface area contributed by atoms with Crippen molar-refractivity contribution in [3.05, 3.63) is 90.0 Å². The average Bonchev–Trinajstić information content (AvgIpc) is 3.51. The first-order valence-electron chi connectivity index (χ1n) is 11.6. The Balaban J connectivity index is 1.18. The highest BCUT2D eigenvalue weighted by atomic mass is 16.3. The molecule has 1 fully saturated rings. The van der Waals surface area contributed by atoms with Crippen LogP contribution in [0, 0.1) is 0 Å². The molecule has 1 heterocycles. The minimum atomic E-state index is -0.0228. The quantitative estimate of drug-likeness (QED) is 0.453. The Labute approximate surface area is 198 Å². The smallest absolute Gasteiger partial charge is 0.253 e. The van der Waals surface area contributed by atoms with E-state index in [1.807, 2.05) is 85.9 Å². The number of nitrogens with zero attached hydrogens (tertiary/aromatic N) is 2. The number of para-hydroxylation sites is 2. The van der Waals surface area contributed by atoms with Crippen molar-refractivity contribution in [2.75, 3.05) is 7.05 Å². The highest BCUT2D eigenvalue weighted by molar-refractivity contribution is 5.94. The summed E-state index contributed by atoms with van der Waals surface area (Å²) >= 11 is 0. The summed E-state index contributed by atoms with van der Waals surface area (Å²) in [6, 6.07) is 24.9. The van der Waals surface area contributed by atoms with E-state index in [4.69, 9.17) is 4.42 Å². The summed E-state index contributed by atoms with van der Waals surface area (Å²) in [6.07, 6.45) is 2.89. The molecule has 0 saturated heterocycles. The average molecular weight is 454 g/mol. The molecule has 1 saturated carbocycles. The highest BCUT2D eigenvalue weighted by Gasteiger charge is 2.31. The van der Waals surface area contributed by atoms with Gasteiger partial charge in [-0.05, 0) is 61.2 Å². The standard InChI is InChI=1S/C28H27N3O3/c1-31(23-16-15-22(18-23)29-26(32)17-19-7-3-2-4-8-19)28(33)21-13-11-20(12-14-21)27-30-24-9-5-6-10-25(24)34-27/h2-14,22-23H,15-18H2,1H3,(H,29,32)/t22-,23+/m0/s1. The SMILES string of the molecule is CN(C(=O)c1ccc(-c2nc3ccccc3o2)cc1)[C@@H]1CC[C@H](NC(=O)Cc2ccccc2)C1. The maximum atomic E-state index is 13.1. The number of oxazole rings is 1. The minimum Gasteiger partial charge on any atom is -0.436 e. The van der Waals surface area contributed by atoms with Crippen LogP contribution >= 0.6 is 0 Å². The van der Waals surface area contributed by atoms with Crippen LogP contribution in [0.1, 0.15) is 35.2 Å². The maximum absolute atomic E-state index is 13.1. The number of rotatable bonds is 6. The van der Waals surface area contributed by atoms with E-state index in [1.165, 1.54) is 0 Å². The maximum Gasteiger partial charge on any atom is 0.253 e. The summed E-state index contributed by atoms with van der Waals surface area (Å²) in [5.74, 6) is 0.546. The molecule has 2 atom stereocenters. The molecule has 3 aromatic carbocycles. The van der Waals surface area contributed by atoms with Crippen molar-refractivity contribution in [3.63, 3.8) is 0 Å². The molecule has 6 heteroatoms. The number of hydrogen-bond acceptors (Lipinski definition) is 4. The van der Waals surface area contributed by atoms with Crippen molar-refractivity contribution < 1.29 is 14.0 Å². The molecule has 4 aromatic rings. The largest absolute Gasteiger partial charge is 0.436 e. The van der Waals surface area contributed by atoms with Crippen molar-refractivity contribution in [1.29, 1.82) is 0 Å². The van der Waals surface area contributed by atoms with Crippen LogP contribution < -0.4 is 5.32 Å². The van der Waals surface area contributed by atoms with Gasteiger partial charge in [0.15, 0.2) is 5.58 Å². The molecule has 34 heavy (non-hydrogen) atoms. The zero-order valence-electron chi connectivity index (χ0n) is 19.1. The van der Waals surface area contributed by atoms with E-state index in [1.54, 1.807) is 4.90 Å². The molecule has 5 rings (SSSR count). The molecule has 0 radical (unpaired) electrons. The lowest BCUT2D eigenvalue weighted by atomic mass is 10.1. The summed E-state index contributed by atoms with van der Waals surface area (Å²) in [7, 11) is 1.84. The van der Waals surface area contributed by atoms with Crippen LogP contribution in [0.2, 0.25) is 0 Å². The van der Waals surface area contributed by atoms with Crippen LogP contribution in [0.25, 0.3) is 22.6 Å². The normalized spacial score (nSPS) is 17.6. The van der Waals surface area contributed by atoms with Gasteiger partial charge in [0.2, 0.25) is 11.8 Å². The van der Waals surface area contributed by atoms with Gasteiger partial charge in [-0.3, -0.25) is 9.59 Å². The van der Waals surface area contributed by atoms with Crippen LogP contribution in [0.3, 0.4) is 0 Å². The van der Waals surface area contributed by atoms with Gasteiger partial charge in [-0.15, -0.1) is 0 Å². The minimum absolute atomic E-state index is 0.0228. The fraction of sp³-hybridized carbons (Fsp3) is 0.250. The number of aromatic nitrogens is 1. The Morgan fingerprint density at radius 3 is 2.47 bits per heavy atom. The Hall–Kier alpha value is -3.93. The number of carbonyl (C=O) groups excluding carboxylic acids is 2. The van der Waals surface area contributed by atoms with Crippen LogP contribution in [0.5, 0.6) is 0 Å². The molecule has 0 unspecified atom stereocenters. The predicted molar refractivity (Wildman–Crippen MR) is 131 cm³/mol. The molecule has 1 aliphatic carbocycles. The molecular formula is C28H27N3O3. The molecule has 172 valence electrons. The molecule has 0 spiro atoms. The van der Waals surface area contributed by atoms with Gasteiger partial charge in [0.1, 0.15) is 5.52 Å². The third-order valence-electron chi connectivity index (χ3n) is 6.52. The van der Waals surface area contributed by atoms with Gasteiger partial charge in [-0.25, -0.2) is 4.98 Å². The first kappa shape index (κ1) is 21.9. The molecule has 1 aromatic heterocycles. The zero-order chi connectivity index (χ0) is 23.5. The van der Waals surface area contributed by atoms with Gasteiger partial charge < -0.3 is 14.6 Å². The van der Waals surface area contributed by atoms with Crippen LogP contribution in [0.4, 0.5) is 0 Å². The second-order valence-corrected chi connectivity index (χ2v) is 8.87. The van der Waals surface area contributed by atoms with Gasteiger partial charge >= 0.3 is 0 Å². The van der Waals surface area contributed by atoms with Gasteiger partial charge in [0.05, 0.1) is 6.42 Å². The highest BCUT2D eigenvalue weighted by Crippen LogP contribution is 2.27. The molecule has 1 aliphatic rings. The van der Waals surface area contributed by atoms with Crippen molar-refractivity contribution in [3.8, 4) is 11.5 Å². The first-order valence-corrected chi connectivity index (χ1v) is 11.6. The Morgan fingerprint density at radius 2 is 1.71 bits per heavy atom. The Kier molecular flexibility index (Phi) is 6.12. The lowest BCUT2D eigenvalue weighted by Gasteiger charge is -2.25. The predicted octanol–water partition coefficient (Wildman–Crippen LogP) is 4.85. The van der Waals surface area contributed by atoms with E-state index >= 15 is 0 Å². The number of fused-ring (bicyclic) bond motifs is 1. The molecule has 0 aliphatic heterocycles. The summed E-state index contributed by atoms with van der Waals surface area (Å²) in [5, 5.41) is 3.13. The van der Waals surface area contributed by atoms with E-state index in [2.05, 4.69) is 10.3 Å². The second-order valence-electron chi connectivity index (χ2n) is 8.87. The lowest BCUT2D eigenvalue weighted by molar-refractivity contribution is -0.121. The van der Waals surface area contributed by atoms with Gasteiger partial charge in [-0.2, -0.15) is 0 Å². The van der Waals surface area contributed by atoms with Gasteiger partial charge in [-0.1, -0.05) is 42.5 Å². The molecular weight excluding hydrogens is 426 g/mol. The fourth-order valence-electron chi connectivity index (χ4n) is 4.62. The third-order valence-corrected chi connectivity index (χ3v) is 6.52. The van der Waals surface area contributed by atoms with E-state index < -0.39 is 0 Å². The van der Waals surface area contributed by atoms with Crippen LogP contribution in [-0.2, 0) is 11.2 Å². The number of carbonyl (C=O) groups is 2. The molecule has 0 bridgehead atoms. The Morgan fingerprint density at radius 1 is 0.971 bits per heavy atom. The third kappa shape index (κ3) is 4.71. The van der Waals surface area contributed by atoms with Crippen LogP contribution in [-0.4, -0.2) is 40.8 Å². The lowest BCUT2D eigenvalue weighted by Crippen LogP contribution is -2.38. The van der Waals surface area contributed by atoms with Crippen molar-refractivity contribution in [2.24, 2.45) is 0 Å². The molecule has 2 amide bonds. The number of amides is 2. The van der Waals surface area contributed by atoms with E-state index in [9.17, 15) is 9.59 Å². The number of hydrogen-bond donors (Lipinski definition) is 1. The summed E-state index contributed by atoms with van der Waals surface area (Å²) in [5.41, 5.74) is 4.01. The van der Waals surface area contributed by atoms with Crippen molar-refractivity contribution >= 4 is 22.9 Å². The van der Waals surface area contributed by atoms with Gasteiger partial charge in [0, 0.05) is 30.3 Å².